The molecule has 1 fully saturated rings. The second-order valence-electron chi connectivity index (χ2n) is 19.3. The van der Waals surface area contributed by atoms with Crippen LogP contribution in [0.4, 0.5) is 17.2 Å². The zero-order valence-corrected chi connectivity index (χ0v) is 51.7. The number of rotatable bonds is 15. The van der Waals surface area contributed by atoms with Crippen LogP contribution < -0.4 is 10.6 Å². The number of nitrogens with one attached hydrogen (secondary N) is 2. The Hall–Kier alpha value is -7.67. The summed E-state index contributed by atoms with van der Waals surface area (Å²) >= 11 is 3.42. The van der Waals surface area contributed by atoms with Crippen LogP contribution in [-0.4, -0.2) is 175 Å². The van der Waals surface area contributed by atoms with E-state index in [1.807, 2.05) is 97.1 Å². The molecular weight excluding hydrogens is 1310 g/mol. The number of amides is 1. The number of hydrogen-bond acceptors (Lipinski definition) is 19. The van der Waals surface area contributed by atoms with Gasteiger partial charge in [-0.25, -0.2) is 14.8 Å². The van der Waals surface area contributed by atoms with E-state index in [0.29, 0.717) is 28.4 Å². The minimum absolute atomic E-state index is 0. The van der Waals surface area contributed by atoms with Crippen LogP contribution in [0.15, 0.2) is 194 Å². The van der Waals surface area contributed by atoms with E-state index >= 15 is 0 Å². The smallest absolute Gasteiger partial charge is 0.345 e. The van der Waals surface area contributed by atoms with Crippen molar-refractivity contribution in [1.29, 1.82) is 0 Å². The molecule has 0 saturated carbocycles. The summed E-state index contributed by atoms with van der Waals surface area (Å²) in [6.45, 7) is 0.167. The molecule has 1 saturated heterocycles. The standard InChI is InChI=1S/C39H45BrN10O10P2.2C10H8N2.Ru/c40-29-4-6-30(7-5-29)46-38-32-9-8-31(22-34(32)43-25-44-38)45-36(51)23-47-13-17-49(26-61(54,55)56)19-15-48(16-20-50(18-14-47)27-62(57,58)59)24-37(52)60-39(53)28-10-12-42-35(21-28)33-3-1-2-11-41-33;2*1-3-7-11-9(5-1)10-6-2-4-8-12-10;/h1-12,21-22,25H,13-20,23-24,26-27H2,(H,45,51)(H,43,44,46)(H2,54,55,56)(H2,57,58,59);2*1-8H;. The molecule has 0 radical (unpaired) electrons. The topological polar surface area (TPSA) is 316 Å². The van der Waals surface area contributed by atoms with Gasteiger partial charge in [-0.05, 0) is 115 Å². The summed E-state index contributed by atoms with van der Waals surface area (Å²) < 4.78 is 30.5. The normalized spacial score (nSPS) is 13.8. The number of benzene rings is 2. The molecule has 0 spiro atoms. The Labute approximate surface area is 522 Å². The van der Waals surface area contributed by atoms with Gasteiger partial charge in [-0.2, -0.15) is 0 Å². The number of anilines is 3. The average molecular weight is 1370 g/mol. The SMILES string of the molecule is O=C(CN1CCN(CP(=O)(O)O)CCN(CC(=O)OC(=O)c2ccnc(-c3ccccn3)c2)CCN(CP(=O)(O)O)CC1)Nc1ccc2c(Nc3ccc(Br)cc3)ncnc2c1.[Ru].c1ccc(-c2ccccn2)nc1.c1ccc(-c2ccccn2)nc1. The van der Waals surface area contributed by atoms with Gasteiger partial charge < -0.3 is 34.9 Å². The molecule has 2 aromatic carbocycles. The number of ether oxygens (including phenoxy) is 1. The number of esters is 2. The molecule has 452 valence electrons. The van der Waals surface area contributed by atoms with E-state index in [0.717, 1.165) is 38.3 Å². The van der Waals surface area contributed by atoms with E-state index < -0.39 is 52.2 Å². The molecule has 6 N–H and O–H groups in total. The van der Waals surface area contributed by atoms with Crippen molar-refractivity contribution >= 4 is 77.1 Å². The molecule has 0 atom stereocenters. The Kier molecular flexibility index (Phi) is 25.7. The van der Waals surface area contributed by atoms with Crippen molar-refractivity contribution in [3.05, 3.63) is 199 Å². The number of carbonyl (C=O) groups excluding carboxylic acids is 3. The van der Waals surface area contributed by atoms with Gasteiger partial charge in [0, 0.05) is 130 Å². The molecule has 7 aromatic heterocycles. The van der Waals surface area contributed by atoms with Crippen molar-refractivity contribution in [2.75, 3.05) is 88.7 Å². The van der Waals surface area contributed by atoms with Gasteiger partial charge in [-0.1, -0.05) is 46.3 Å². The number of halogens is 1. The van der Waals surface area contributed by atoms with Crippen molar-refractivity contribution in [1.82, 2.24) is 59.5 Å². The van der Waals surface area contributed by atoms with Gasteiger partial charge in [0.1, 0.15) is 24.7 Å². The molecule has 28 heteroatoms. The van der Waals surface area contributed by atoms with Crippen molar-refractivity contribution < 1.29 is 67.3 Å². The Morgan fingerprint density at radius 1 is 0.483 bits per heavy atom. The Morgan fingerprint density at radius 3 is 1.36 bits per heavy atom. The summed E-state index contributed by atoms with van der Waals surface area (Å²) in [7, 11) is -9.12. The zero-order valence-electron chi connectivity index (χ0n) is 46.6. The molecule has 0 aliphatic carbocycles. The molecular formula is C59H61BrN14O10P2Ru. The fourth-order valence-corrected chi connectivity index (χ4v) is 10.5. The number of nitrogens with zero attached hydrogens (tertiary/aromatic N) is 12. The van der Waals surface area contributed by atoms with Gasteiger partial charge in [-0.15, -0.1) is 0 Å². The van der Waals surface area contributed by atoms with Crippen LogP contribution in [0.25, 0.3) is 45.1 Å². The van der Waals surface area contributed by atoms with Crippen LogP contribution in [0.1, 0.15) is 10.4 Å². The van der Waals surface area contributed by atoms with Crippen molar-refractivity contribution in [3.63, 3.8) is 0 Å². The van der Waals surface area contributed by atoms with Gasteiger partial charge >= 0.3 is 27.1 Å². The number of hydrogen-bond donors (Lipinski definition) is 6. The minimum Gasteiger partial charge on any atom is -0.388 e. The Bertz CT molecular complexity index is 3540. The van der Waals surface area contributed by atoms with E-state index in [-0.39, 0.29) is 83.9 Å². The van der Waals surface area contributed by atoms with Gasteiger partial charge in [0.05, 0.1) is 58.3 Å². The first-order valence-corrected chi connectivity index (χ1v) is 31.2. The van der Waals surface area contributed by atoms with Crippen LogP contribution in [0.5, 0.6) is 0 Å². The Balaban J connectivity index is 0.000000352. The number of fused-ring (bicyclic) bond motifs is 1. The molecule has 1 aliphatic rings. The van der Waals surface area contributed by atoms with Gasteiger partial charge in [0.2, 0.25) is 5.91 Å². The average Bonchev–Trinajstić information content (AvgIpc) is 3.03. The first-order chi connectivity index (χ1) is 41.5. The van der Waals surface area contributed by atoms with Gasteiger partial charge in [0.25, 0.3) is 0 Å². The maximum absolute atomic E-state index is 13.5. The van der Waals surface area contributed by atoms with E-state index in [1.165, 1.54) is 34.5 Å². The second kappa shape index (κ2) is 33.5. The summed E-state index contributed by atoms with van der Waals surface area (Å²) in [5.41, 5.74) is 6.48. The number of carbonyl (C=O) groups is 3. The first kappa shape index (κ1) is 66.9. The zero-order chi connectivity index (χ0) is 60.7. The first-order valence-electron chi connectivity index (χ1n) is 26.8. The van der Waals surface area contributed by atoms with Crippen molar-refractivity contribution in [3.8, 4) is 34.2 Å². The quantitative estimate of drug-likeness (QED) is 0.0248. The summed E-state index contributed by atoms with van der Waals surface area (Å²) in [6, 6.07) is 44.0. The summed E-state index contributed by atoms with van der Waals surface area (Å²) in [4.78, 5) is 120. The van der Waals surface area contributed by atoms with E-state index in [2.05, 4.69) is 66.4 Å². The molecule has 0 bridgehead atoms. The largest absolute Gasteiger partial charge is 0.388 e. The molecule has 10 rings (SSSR count). The fraction of sp³-hybridized carbons (Fsp3) is 0.203. The number of aromatic nitrogens is 8. The molecule has 1 amide bonds. The maximum Gasteiger partial charge on any atom is 0.345 e. The fourth-order valence-electron chi connectivity index (χ4n) is 8.65. The third kappa shape index (κ3) is 22.9. The predicted molar refractivity (Wildman–Crippen MR) is 328 cm³/mol. The van der Waals surface area contributed by atoms with Crippen LogP contribution in [0.2, 0.25) is 0 Å². The molecule has 24 nitrogen and oxygen atoms in total. The van der Waals surface area contributed by atoms with Crippen molar-refractivity contribution in [2.24, 2.45) is 0 Å². The van der Waals surface area contributed by atoms with E-state index in [9.17, 15) is 43.1 Å². The Morgan fingerprint density at radius 2 is 0.908 bits per heavy atom. The van der Waals surface area contributed by atoms with Crippen LogP contribution in [0.3, 0.4) is 0 Å². The second-order valence-corrected chi connectivity index (χ2v) is 23.4. The van der Waals surface area contributed by atoms with E-state index in [1.54, 1.807) is 77.2 Å². The van der Waals surface area contributed by atoms with Crippen molar-refractivity contribution in [2.45, 2.75) is 0 Å². The molecule has 87 heavy (non-hydrogen) atoms. The predicted octanol–water partition coefficient (Wildman–Crippen LogP) is 7.69. The molecule has 0 unspecified atom stereocenters. The third-order valence-corrected chi connectivity index (χ3v) is 14.8. The monoisotopic (exact) mass is 1370 g/mol. The molecule has 1 aliphatic heterocycles. The van der Waals surface area contributed by atoms with Crippen LogP contribution in [-0.2, 0) is 42.9 Å². The molecule has 8 heterocycles. The maximum atomic E-state index is 13.5. The van der Waals surface area contributed by atoms with Crippen LogP contribution >= 0.6 is 31.1 Å². The third-order valence-electron chi connectivity index (χ3n) is 12.8. The summed E-state index contributed by atoms with van der Waals surface area (Å²) in [5, 5.41) is 6.87. The van der Waals surface area contributed by atoms with Crippen LogP contribution in [0, 0.1) is 0 Å². The van der Waals surface area contributed by atoms with E-state index in [4.69, 9.17) is 4.74 Å². The number of pyridine rings is 6. The summed E-state index contributed by atoms with van der Waals surface area (Å²) in [5.74, 6) is -1.66. The van der Waals surface area contributed by atoms with Gasteiger partial charge in [-0.3, -0.25) is 68.2 Å². The molecule has 9 aromatic rings. The van der Waals surface area contributed by atoms with Gasteiger partial charge in [0.15, 0.2) is 0 Å². The summed E-state index contributed by atoms with van der Waals surface area (Å²) in [6.07, 6.45) is 10.2. The minimum atomic E-state index is -4.56.